The lowest BCUT2D eigenvalue weighted by atomic mass is 9.88. The van der Waals surface area contributed by atoms with Gasteiger partial charge in [-0.1, -0.05) is 18.6 Å². The van der Waals surface area contributed by atoms with Gasteiger partial charge < -0.3 is 9.84 Å². The van der Waals surface area contributed by atoms with E-state index < -0.39 is 36.0 Å². The van der Waals surface area contributed by atoms with Crippen molar-refractivity contribution < 1.29 is 29.0 Å². The molecule has 1 rings (SSSR count). The quantitative estimate of drug-likeness (QED) is 0.298. The molecule has 1 unspecified atom stereocenters. The number of ether oxygens (including phenoxy) is 1. The van der Waals surface area contributed by atoms with Gasteiger partial charge in [-0.15, -0.1) is 0 Å². The topological polar surface area (TPSA) is 122 Å². The number of hydrogen-bond acceptors (Lipinski definition) is 6. The molecule has 0 saturated heterocycles. The number of rotatable bonds is 10. The van der Waals surface area contributed by atoms with Crippen molar-refractivity contribution in [3.05, 3.63) is 35.4 Å². The van der Waals surface area contributed by atoms with Crippen LogP contribution < -0.4 is 0 Å². The van der Waals surface area contributed by atoms with Crippen LogP contribution in [0.5, 0.6) is 0 Å². The molecular formula is C18H19NO6. The first-order chi connectivity index (χ1) is 11.8. The minimum absolute atomic E-state index is 0.0526. The molecule has 0 amide bonds. The molecule has 0 saturated carbocycles. The van der Waals surface area contributed by atoms with Crippen molar-refractivity contribution in [3.63, 3.8) is 0 Å². The maximum Gasteiger partial charge on any atom is 0.303 e. The summed E-state index contributed by atoms with van der Waals surface area (Å²) in [6.07, 6.45) is 0.802. The van der Waals surface area contributed by atoms with Crippen molar-refractivity contribution in [1.29, 1.82) is 5.26 Å². The van der Waals surface area contributed by atoms with Gasteiger partial charge in [-0.05, 0) is 25.0 Å². The van der Waals surface area contributed by atoms with E-state index in [4.69, 9.17) is 10.4 Å². The minimum Gasteiger partial charge on any atom is -0.481 e. The standard InChI is InChI=1S/C18H19NO6/c1-12(20)25-11-16(21)15(7-2-3-8-17(22)23)18(24)14-6-4-5-13(9-14)10-19/h4-6,9,15H,2-3,7-8,11H2,1H3,(H,22,23). The second-order valence-electron chi connectivity index (χ2n) is 5.50. The summed E-state index contributed by atoms with van der Waals surface area (Å²) in [5, 5.41) is 17.6. The number of carboxylic acids is 1. The summed E-state index contributed by atoms with van der Waals surface area (Å²) in [5.41, 5.74) is 0.515. The van der Waals surface area contributed by atoms with Crippen LogP contribution in [0.15, 0.2) is 24.3 Å². The molecule has 0 aliphatic heterocycles. The molecule has 7 heteroatoms. The van der Waals surface area contributed by atoms with E-state index in [1.807, 2.05) is 6.07 Å². The molecule has 25 heavy (non-hydrogen) atoms. The van der Waals surface area contributed by atoms with Crippen molar-refractivity contribution in [2.45, 2.75) is 32.6 Å². The first-order valence-corrected chi connectivity index (χ1v) is 7.77. The largest absolute Gasteiger partial charge is 0.481 e. The number of hydrogen-bond donors (Lipinski definition) is 1. The molecular weight excluding hydrogens is 326 g/mol. The number of ketones is 2. The molecule has 0 aromatic heterocycles. The van der Waals surface area contributed by atoms with Crippen molar-refractivity contribution in [2.24, 2.45) is 5.92 Å². The summed E-state index contributed by atoms with van der Waals surface area (Å²) in [5.74, 6) is -3.63. The predicted octanol–water partition coefficient (Wildman–Crippen LogP) is 2.13. The summed E-state index contributed by atoms with van der Waals surface area (Å²) >= 11 is 0. The van der Waals surface area contributed by atoms with E-state index in [0.29, 0.717) is 18.4 Å². The number of nitrogens with zero attached hydrogens (tertiary/aromatic N) is 1. The zero-order valence-electron chi connectivity index (χ0n) is 13.9. The van der Waals surface area contributed by atoms with Crippen LogP contribution in [0.4, 0.5) is 0 Å². The van der Waals surface area contributed by atoms with E-state index in [1.165, 1.54) is 12.1 Å². The molecule has 1 aromatic carbocycles. The third kappa shape index (κ3) is 6.96. The highest BCUT2D eigenvalue weighted by Crippen LogP contribution is 2.19. The van der Waals surface area contributed by atoms with Crippen molar-refractivity contribution in [1.82, 2.24) is 0 Å². The Morgan fingerprint density at radius 2 is 1.96 bits per heavy atom. The zero-order valence-corrected chi connectivity index (χ0v) is 13.9. The molecule has 1 atom stereocenters. The number of carbonyl (C=O) groups is 4. The van der Waals surface area contributed by atoms with Gasteiger partial charge in [0.15, 0.2) is 18.2 Å². The third-order valence-electron chi connectivity index (χ3n) is 3.53. The molecule has 0 radical (unpaired) electrons. The molecule has 0 bridgehead atoms. The van der Waals surface area contributed by atoms with Crippen LogP contribution in [0.2, 0.25) is 0 Å². The third-order valence-corrected chi connectivity index (χ3v) is 3.53. The van der Waals surface area contributed by atoms with Crippen LogP contribution in [-0.4, -0.2) is 35.2 Å². The molecule has 0 aliphatic rings. The number of unbranched alkanes of at least 4 members (excludes halogenated alkanes) is 1. The fourth-order valence-electron chi connectivity index (χ4n) is 2.28. The second-order valence-corrected chi connectivity index (χ2v) is 5.50. The number of carbonyl (C=O) groups excluding carboxylic acids is 3. The van der Waals surface area contributed by atoms with Gasteiger partial charge in [0.05, 0.1) is 17.6 Å². The first kappa shape index (κ1) is 20.0. The van der Waals surface area contributed by atoms with Gasteiger partial charge in [0.1, 0.15) is 0 Å². The molecule has 7 nitrogen and oxygen atoms in total. The van der Waals surface area contributed by atoms with Gasteiger partial charge in [0.2, 0.25) is 0 Å². The SMILES string of the molecule is CC(=O)OCC(=O)C(CCCCC(=O)O)C(=O)c1cccc(C#N)c1. The Hall–Kier alpha value is -3.01. The molecule has 1 N–H and O–H groups in total. The number of nitriles is 1. The van der Waals surface area contributed by atoms with Crippen LogP contribution in [0.3, 0.4) is 0 Å². The predicted molar refractivity (Wildman–Crippen MR) is 86.7 cm³/mol. The van der Waals surface area contributed by atoms with Crippen LogP contribution in [0.25, 0.3) is 0 Å². The van der Waals surface area contributed by atoms with Gasteiger partial charge in [-0.3, -0.25) is 19.2 Å². The Kier molecular flexibility index (Phi) is 8.00. The van der Waals surface area contributed by atoms with Crippen LogP contribution >= 0.6 is 0 Å². The molecule has 0 fully saturated rings. The Balaban J connectivity index is 2.88. The van der Waals surface area contributed by atoms with E-state index in [0.717, 1.165) is 6.92 Å². The molecule has 132 valence electrons. The van der Waals surface area contributed by atoms with E-state index >= 15 is 0 Å². The molecule has 1 aromatic rings. The van der Waals surface area contributed by atoms with Crippen LogP contribution in [-0.2, 0) is 19.1 Å². The summed E-state index contributed by atoms with van der Waals surface area (Å²) < 4.78 is 4.67. The summed E-state index contributed by atoms with van der Waals surface area (Å²) in [4.78, 5) is 46.3. The van der Waals surface area contributed by atoms with Gasteiger partial charge in [0, 0.05) is 18.9 Å². The van der Waals surface area contributed by atoms with Crippen LogP contribution in [0, 0.1) is 17.2 Å². The normalized spacial score (nSPS) is 11.2. The van der Waals surface area contributed by atoms with Gasteiger partial charge in [-0.25, -0.2) is 0 Å². The molecule has 0 heterocycles. The lowest BCUT2D eigenvalue weighted by molar-refractivity contribution is -0.146. The van der Waals surface area contributed by atoms with Crippen LogP contribution in [0.1, 0.15) is 48.5 Å². The molecule has 0 aliphatic carbocycles. The van der Waals surface area contributed by atoms with E-state index in [9.17, 15) is 19.2 Å². The lowest BCUT2D eigenvalue weighted by Crippen LogP contribution is -2.28. The monoisotopic (exact) mass is 345 g/mol. The van der Waals surface area contributed by atoms with Crippen molar-refractivity contribution in [2.75, 3.05) is 6.61 Å². The molecule has 0 spiro atoms. The maximum absolute atomic E-state index is 12.6. The Labute approximate surface area is 145 Å². The Bertz CT molecular complexity index is 704. The van der Waals surface area contributed by atoms with Crippen molar-refractivity contribution >= 4 is 23.5 Å². The fraction of sp³-hybridized carbons (Fsp3) is 0.389. The number of benzene rings is 1. The highest BCUT2D eigenvalue weighted by molar-refractivity contribution is 6.11. The number of Topliss-reactive ketones (excluding diaryl/α,β-unsaturated/α-hetero) is 2. The smallest absolute Gasteiger partial charge is 0.303 e. The number of aliphatic carboxylic acids is 1. The van der Waals surface area contributed by atoms with Gasteiger partial charge >= 0.3 is 11.9 Å². The highest BCUT2D eigenvalue weighted by atomic mass is 16.5. The summed E-state index contributed by atoms with van der Waals surface area (Å²) in [6.45, 7) is 0.649. The summed E-state index contributed by atoms with van der Waals surface area (Å²) in [7, 11) is 0. The maximum atomic E-state index is 12.6. The highest BCUT2D eigenvalue weighted by Gasteiger charge is 2.28. The van der Waals surface area contributed by atoms with Gasteiger partial charge in [0.25, 0.3) is 0 Å². The second kappa shape index (κ2) is 9.98. The number of esters is 1. The number of carboxylic acid groups (broad SMARTS) is 1. The minimum atomic E-state index is -1.04. The first-order valence-electron chi connectivity index (χ1n) is 7.77. The average molecular weight is 345 g/mol. The van der Waals surface area contributed by atoms with Crippen molar-refractivity contribution in [3.8, 4) is 6.07 Å². The Morgan fingerprint density at radius 3 is 2.56 bits per heavy atom. The summed E-state index contributed by atoms with van der Waals surface area (Å²) in [6, 6.07) is 7.91. The zero-order chi connectivity index (χ0) is 18.8. The fourth-order valence-corrected chi connectivity index (χ4v) is 2.28. The van der Waals surface area contributed by atoms with Gasteiger partial charge in [-0.2, -0.15) is 5.26 Å². The van der Waals surface area contributed by atoms with E-state index in [1.54, 1.807) is 12.1 Å². The Morgan fingerprint density at radius 1 is 1.24 bits per heavy atom. The lowest BCUT2D eigenvalue weighted by Gasteiger charge is -2.15. The average Bonchev–Trinajstić information content (AvgIpc) is 2.59. The van der Waals surface area contributed by atoms with E-state index in [-0.39, 0.29) is 18.4 Å². The van der Waals surface area contributed by atoms with E-state index in [2.05, 4.69) is 4.74 Å².